The Bertz CT molecular complexity index is 390. The van der Waals surface area contributed by atoms with Crippen molar-refractivity contribution in [3.8, 4) is 0 Å². The van der Waals surface area contributed by atoms with Crippen LogP contribution in [0.4, 0.5) is 11.9 Å². The monoisotopic (exact) mass is 277 g/mol. The first kappa shape index (κ1) is 14.1. The van der Waals surface area contributed by atoms with Crippen LogP contribution in [0.1, 0.15) is 13.8 Å². The molecule has 1 rings (SSSR count). The van der Waals surface area contributed by atoms with Crippen molar-refractivity contribution in [2.45, 2.75) is 13.8 Å². The van der Waals surface area contributed by atoms with E-state index in [-0.39, 0.29) is 5.28 Å². The van der Waals surface area contributed by atoms with E-state index in [1.807, 2.05) is 13.8 Å². The average Bonchev–Trinajstić information content (AvgIpc) is 2.28. The minimum absolute atomic E-state index is 0.134. The van der Waals surface area contributed by atoms with Crippen LogP contribution in [0, 0.1) is 0 Å². The number of anilines is 2. The molecule has 0 aromatic carbocycles. The van der Waals surface area contributed by atoms with Crippen molar-refractivity contribution in [1.82, 2.24) is 15.0 Å². The van der Waals surface area contributed by atoms with Gasteiger partial charge < -0.3 is 10.6 Å². The van der Waals surface area contributed by atoms with Crippen LogP contribution in [0.15, 0.2) is 0 Å². The van der Waals surface area contributed by atoms with Crippen molar-refractivity contribution >= 4 is 34.3 Å². The molecule has 8 heteroatoms. The van der Waals surface area contributed by atoms with Gasteiger partial charge in [-0.1, -0.05) is 6.92 Å². The van der Waals surface area contributed by atoms with Crippen LogP contribution in [-0.2, 0) is 10.8 Å². The summed E-state index contributed by atoms with van der Waals surface area (Å²) in [5, 5.41) is 6.06. The molecular formula is C9H16ClN5OS. The molecular weight excluding hydrogens is 262 g/mol. The summed E-state index contributed by atoms with van der Waals surface area (Å²) in [4.78, 5) is 12.0. The molecule has 96 valence electrons. The number of hydrogen-bond donors (Lipinski definition) is 2. The Kier molecular flexibility index (Phi) is 6.13. The highest BCUT2D eigenvalue weighted by molar-refractivity contribution is 7.84. The van der Waals surface area contributed by atoms with Gasteiger partial charge in [0.1, 0.15) is 0 Å². The van der Waals surface area contributed by atoms with Crippen LogP contribution in [-0.4, -0.2) is 43.8 Å². The molecule has 0 aliphatic heterocycles. The van der Waals surface area contributed by atoms with E-state index >= 15 is 0 Å². The quantitative estimate of drug-likeness (QED) is 0.778. The molecule has 1 unspecified atom stereocenters. The van der Waals surface area contributed by atoms with Gasteiger partial charge in [0.15, 0.2) is 0 Å². The van der Waals surface area contributed by atoms with Gasteiger partial charge in [-0.15, -0.1) is 0 Å². The van der Waals surface area contributed by atoms with Crippen molar-refractivity contribution in [3.63, 3.8) is 0 Å². The Morgan fingerprint density at radius 2 is 1.82 bits per heavy atom. The highest BCUT2D eigenvalue weighted by atomic mass is 35.5. The lowest BCUT2D eigenvalue weighted by atomic mass is 10.7. The van der Waals surface area contributed by atoms with Crippen molar-refractivity contribution in [1.29, 1.82) is 0 Å². The molecule has 2 N–H and O–H groups in total. The number of halogens is 1. The summed E-state index contributed by atoms with van der Waals surface area (Å²) in [6.45, 7) is 5.08. The minimum atomic E-state index is -0.797. The molecule has 0 bridgehead atoms. The van der Waals surface area contributed by atoms with Crippen LogP contribution in [0.3, 0.4) is 0 Å². The van der Waals surface area contributed by atoms with Gasteiger partial charge in [0, 0.05) is 35.4 Å². The summed E-state index contributed by atoms with van der Waals surface area (Å²) in [5.74, 6) is 2.05. The van der Waals surface area contributed by atoms with Crippen LogP contribution in [0.2, 0.25) is 5.28 Å². The van der Waals surface area contributed by atoms with Gasteiger partial charge in [-0.3, -0.25) is 4.21 Å². The zero-order valence-electron chi connectivity index (χ0n) is 9.86. The van der Waals surface area contributed by atoms with Gasteiger partial charge in [0.2, 0.25) is 17.2 Å². The number of nitrogens with one attached hydrogen (secondary N) is 2. The third-order valence-electron chi connectivity index (χ3n) is 1.88. The Balaban J connectivity index is 2.55. The summed E-state index contributed by atoms with van der Waals surface area (Å²) >= 11 is 5.75. The van der Waals surface area contributed by atoms with Crippen molar-refractivity contribution in [2.75, 3.05) is 35.2 Å². The Morgan fingerprint density at radius 1 is 1.18 bits per heavy atom. The maximum atomic E-state index is 11.2. The number of aromatic nitrogens is 3. The van der Waals surface area contributed by atoms with Gasteiger partial charge in [0.05, 0.1) is 0 Å². The maximum absolute atomic E-state index is 11.2. The summed E-state index contributed by atoms with van der Waals surface area (Å²) in [5.41, 5.74) is 0. The smallest absolute Gasteiger partial charge is 0.228 e. The molecule has 0 aliphatic rings. The highest BCUT2D eigenvalue weighted by Gasteiger charge is 2.04. The Hall–Kier alpha value is -0.950. The fourth-order valence-corrected chi connectivity index (χ4v) is 1.87. The first-order valence-electron chi connectivity index (χ1n) is 5.40. The fraction of sp³-hybridized carbons (Fsp3) is 0.667. The van der Waals surface area contributed by atoms with Crippen molar-refractivity contribution in [3.05, 3.63) is 5.28 Å². The fourth-order valence-electron chi connectivity index (χ4n) is 1.09. The van der Waals surface area contributed by atoms with Gasteiger partial charge >= 0.3 is 0 Å². The van der Waals surface area contributed by atoms with Crippen LogP contribution in [0.5, 0.6) is 0 Å². The molecule has 0 fully saturated rings. The molecule has 0 radical (unpaired) electrons. The van der Waals surface area contributed by atoms with Gasteiger partial charge in [-0.2, -0.15) is 15.0 Å². The van der Waals surface area contributed by atoms with Crippen LogP contribution < -0.4 is 10.6 Å². The van der Waals surface area contributed by atoms with E-state index in [9.17, 15) is 4.21 Å². The lowest BCUT2D eigenvalue weighted by Crippen LogP contribution is -2.15. The number of nitrogens with zero attached hydrogens (tertiary/aromatic N) is 3. The molecule has 0 saturated carbocycles. The average molecular weight is 278 g/mol. The van der Waals surface area contributed by atoms with Crippen molar-refractivity contribution < 1.29 is 4.21 Å². The molecule has 0 amide bonds. The van der Waals surface area contributed by atoms with E-state index in [4.69, 9.17) is 11.6 Å². The topological polar surface area (TPSA) is 79.8 Å². The summed E-state index contributed by atoms with van der Waals surface area (Å²) in [6.07, 6.45) is 0. The molecule has 1 aromatic rings. The normalized spacial score (nSPS) is 12.2. The SMILES string of the molecule is CCNc1nc(Cl)nc(NCCS(=O)CC)n1. The molecule has 1 heterocycles. The van der Waals surface area contributed by atoms with E-state index in [0.29, 0.717) is 36.5 Å². The van der Waals surface area contributed by atoms with Gasteiger partial charge in [-0.05, 0) is 18.5 Å². The molecule has 1 atom stereocenters. The molecule has 0 spiro atoms. The van der Waals surface area contributed by atoms with Crippen molar-refractivity contribution in [2.24, 2.45) is 0 Å². The van der Waals surface area contributed by atoms with Gasteiger partial charge in [-0.25, -0.2) is 0 Å². The third-order valence-corrected chi connectivity index (χ3v) is 3.35. The standard InChI is InChI=1S/C9H16ClN5OS/c1-3-11-8-13-7(10)14-9(15-8)12-5-6-17(16)4-2/h3-6H2,1-2H3,(H2,11,12,13,14,15). The zero-order chi connectivity index (χ0) is 12.7. The van der Waals surface area contributed by atoms with E-state index in [0.717, 1.165) is 0 Å². The lowest BCUT2D eigenvalue weighted by Gasteiger charge is -2.06. The van der Waals surface area contributed by atoms with Crippen LogP contribution in [0.25, 0.3) is 0 Å². The molecule has 0 aliphatic carbocycles. The minimum Gasteiger partial charge on any atom is -0.354 e. The van der Waals surface area contributed by atoms with Crippen LogP contribution >= 0.6 is 11.6 Å². The Morgan fingerprint density at radius 3 is 2.41 bits per heavy atom. The van der Waals surface area contributed by atoms with E-state index < -0.39 is 10.8 Å². The second-order valence-electron chi connectivity index (χ2n) is 3.14. The first-order valence-corrected chi connectivity index (χ1v) is 7.26. The largest absolute Gasteiger partial charge is 0.354 e. The zero-order valence-corrected chi connectivity index (χ0v) is 11.4. The lowest BCUT2D eigenvalue weighted by molar-refractivity contribution is 0.684. The summed E-state index contributed by atoms with van der Waals surface area (Å²) < 4.78 is 11.2. The molecule has 1 aromatic heterocycles. The third kappa shape index (κ3) is 5.27. The molecule has 17 heavy (non-hydrogen) atoms. The van der Waals surface area contributed by atoms with Gasteiger partial charge in [0.25, 0.3) is 0 Å². The first-order chi connectivity index (χ1) is 8.15. The second kappa shape index (κ2) is 7.39. The summed E-state index contributed by atoms with van der Waals surface area (Å²) in [6, 6.07) is 0. The molecule has 0 saturated heterocycles. The number of rotatable bonds is 7. The van der Waals surface area contributed by atoms with E-state index in [1.54, 1.807) is 0 Å². The van der Waals surface area contributed by atoms with E-state index in [1.165, 1.54) is 0 Å². The molecule has 6 nitrogen and oxygen atoms in total. The number of hydrogen-bond acceptors (Lipinski definition) is 6. The predicted octanol–water partition coefficient (Wildman–Crippen LogP) is 1.14. The highest BCUT2D eigenvalue weighted by Crippen LogP contribution is 2.08. The Labute approximate surface area is 108 Å². The second-order valence-corrected chi connectivity index (χ2v) is 5.34. The van der Waals surface area contributed by atoms with E-state index in [2.05, 4.69) is 25.6 Å². The predicted molar refractivity (Wildman–Crippen MR) is 71.0 cm³/mol. The summed E-state index contributed by atoms with van der Waals surface area (Å²) in [7, 11) is -0.797. The maximum Gasteiger partial charge on any atom is 0.228 e.